The maximum atomic E-state index is 12.4. The van der Waals surface area contributed by atoms with Crippen molar-refractivity contribution in [3.8, 4) is 0 Å². The zero-order chi connectivity index (χ0) is 18.9. The van der Waals surface area contributed by atoms with Crippen LogP contribution in [0.15, 0.2) is 24.3 Å². The number of benzene rings is 1. The lowest BCUT2D eigenvalue weighted by molar-refractivity contribution is -0.136. The molecule has 8 heteroatoms. The number of hydrogen-bond acceptors (Lipinski definition) is 5. The quantitative estimate of drug-likeness (QED) is 0.747. The van der Waals surface area contributed by atoms with Gasteiger partial charge in [0, 0.05) is 37.9 Å². The second kappa shape index (κ2) is 9.88. The molecule has 0 saturated carbocycles. The van der Waals surface area contributed by atoms with Gasteiger partial charge < -0.3 is 20.3 Å². The standard InChI is InChI=1S/C18H26N4O4/c1-3-22(18(25)13-21-8-10-26-11-9-21)12-17(24)20-16-6-4-15(5-7-16)19-14(2)23/h4-7H,3,8-13H2,1-2H3,(H,19,23)(H,20,24). The van der Waals surface area contributed by atoms with Crippen LogP contribution in [-0.2, 0) is 19.1 Å². The van der Waals surface area contributed by atoms with Crippen LogP contribution in [-0.4, -0.2) is 73.5 Å². The topological polar surface area (TPSA) is 91.0 Å². The summed E-state index contributed by atoms with van der Waals surface area (Å²) in [5.41, 5.74) is 1.27. The number of anilines is 2. The first kappa shape index (κ1) is 19.9. The molecular formula is C18H26N4O4. The van der Waals surface area contributed by atoms with Gasteiger partial charge in [-0.1, -0.05) is 0 Å². The molecule has 0 spiro atoms. The number of morpholine rings is 1. The van der Waals surface area contributed by atoms with Crippen molar-refractivity contribution in [2.24, 2.45) is 0 Å². The van der Waals surface area contributed by atoms with Gasteiger partial charge in [-0.2, -0.15) is 0 Å². The first-order valence-corrected chi connectivity index (χ1v) is 8.73. The van der Waals surface area contributed by atoms with Crippen LogP contribution in [0.4, 0.5) is 11.4 Å². The SMILES string of the molecule is CCN(CC(=O)Nc1ccc(NC(C)=O)cc1)C(=O)CN1CCOCC1. The molecule has 0 radical (unpaired) electrons. The third kappa shape index (κ3) is 6.45. The highest BCUT2D eigenvalue weighted by molar-refractivity contribution is 5.95. The van der Waals surface area contributed by atoms with Crippen LogP contribution in [0.5, 0.6) is 0 Å². The Morgan fingerprint density at radius 3 is 2.19 bits per heavy atom. The first-order valence-electron chi connectivity index (χ1n) is 8.73. The van der Waals surface area contributed by atoms with Crippen molar-refractivity contribution in [3.63, 3.8) is 0 Å². The highest BCUT2D eigenvalue weighted by atomic mass is 16.5. The Hall–Kier alpha value is -2.45. The fourth-order valence-corrected chi connectivity index (χ4v) is 2.64. The van der Waals surface area contributed by atoms with E-state index in [-0.39, 0.29) is 24.3 Å². The number of hydrogen-bond donors (Lipinski definition) is 2. The van der Waals surface area contributed by atoms with Gasteiger partial charge in [0.2, 0.25) is 17.7 Å². The molecule has 2 rings (SSSR count). The van der Waals surface area contributed by atoms with Gasteiger partial charge in [-0.15, -0.1) is 0 Å². The Bertz CT molecular complexity index is 627. The lowest BCUT2D eigenvalue weighted by atomic mass is 10.2. The Morgan fingerprint density at radius 2 is 1.65 bits per heavy atom. The third-order valence-corrected chi connectivity index (χ3v) is 4.02. The number of rotatable bonds is 7. The smallest absolute Gasteiger partial charge is 0.243 e. The van der Waals surface area contributed by atoms with Crippen LogP contribution in [0, 0.1) is 0 Å². The van der Waals surface area contributed by atoms with E-state index in [1.165, 1.54) is 11.8 Å². The number of nitrogens with one attached hydrogen (secondary N) is 2. The van der Waals surface area contributed by atoms with Gasteiger partial charge in [-0.25, -0.2) is 0 Å². The van der Waals surface area contributed by atoms with E-state index in [1.54, 1.807) is 24.3 Å². The summed E-state index contributed by atoms with van der Waals surface area (Å²) in [7, 11) is 0. The molecule has 1 aromatic carbocycles. The van der Waals surface area contributed by atoms with E-state index in [9.17, 15) is 14.4 Å². The van der Waals surface area contributed by atoms with Crippen LogP contribution < -0.4 is 10.6 Å². The highest BCUT2D eigenvalue weighted by Gasteiger charge is 2.20. The molecule has 1 aliphatic heterocycles. The lowest BCUT2D eigenvalue weighted by Gasteiger charge is -2.28. The van der Waals surface area contributed by atoms with Crippen LogP contribution >= 0.6 is 0 Å². The van der Waals surface area contributed by atoms with Gasteiger partial charge in [-0.3, -0.25) is 19.3 Å². The fraction of sp³-hybridized carbons (Fsp3) is 0.500. The molecule has 1 heterocycles. The van der Waals surface area contributed by atoms with E-state index in [2.05, 4.69) is 10.6 Å². The van der Waals surface area contributed by atoms with E-state index in [1.807, 2.05) is 11.8 Å². The lowest BCUT2D eigenvalue weighted by Crippen LogP contribution is -2.46. The minimum atomic E-state index is -0.255. The minimum absolute atomic E-state index is 0.00706. The maximum absolute atomic E-state index is 12.4. The molecule has 1 saturated heterocycles. The maximum Gasteiger partial charge on any atom is 0.243 e. The van der Waals surface area contributed by atoms with Crippen LogP contribution in [0.1, 0.15) is 13.8 Å². The number of amides is 3. The zero-order valence-corrected chi connectivity index (χ0v) is 15.3. The summed E-state index contributed by atoms with van der Waals surface area (Å²) < 4.78 is 5.27. The summed E-state index contributed by atoms with van der Waals surface area (Å²) in [5.74, 6) is -0.473. The summed E-state index contributed by atoms with van der Waals surface area (Å²) in [6.45, 7) is 6.80. The predicted molar refractivity (Wildman–Crippen MR) is 98.9 cm³/mol. The van der Waals surface area contributed by atoms with Crippen LogP contribution in [0.3, 0.4) is 0 Å². The van der Waals surface area contributed by atoms with Crippen molar-refractivity contribution in [3.05, 3.63) is 24.3 Å². The summed E-state index contributed by atoms with van der Waals surface area (Å²) in [4.78, 5) is 39.2. The molecule has 8 nitrogen and oxygen atoms in total. The molecule has 142 valence electrons. The molecule has 26 heavy (non-hydrogen) atoms. The molecule has 0 aliphatic carbocycles. The molecule has 2 N–H and O–H groups in total. The normalized spacial score (nSPS) is 14.5. The molecule has 1 aliphatic rings. The van der Waals surface area contributed by atoms with Crippen LogP contribution in [0.25, 0.3) is 0 Å². The second-order valence-electron chi connectivity index (χ2n) is 6.10. The number of ether oxygens (including phenoxy) is 1. The number of carbonyl (C=O) groups is 3. The molecule has 3 amide bonds. The average molecular weight is 362 g/mol. The minimum Gasteiger partial charge on any atom is -0.379 e. The Labute approximate surface area is 153 Å². The van der Waals surface area contributed by atoms with Crippen molar-refractivity contribution in [2.75, 3.05) is 56.6 Å². The molecule has 0 unspecified atom stereocenters. The van der Waals surface area contributed by atoms with Crippen molar-refractivity contribution in [1.82, 2.24) is 9.80 Å². The Balaban J connectivity index is 1.83. The molecule has 0 aromatic heterocycles. The summed E-state index contributed by atoms with van der Waals surface area (Å²) in [6, 6.07) is 6.82. The van der Waals surface area contributed by atoms with Gasteiger partial charge >= 0.3 is 0 Å². The van der Waals surface area contributed by atoms with E-state index in [0.29, 0.717) is 37.7 Å². The number of likely N-dealkylation sites (N-methyl/N-ethyl adjacent to an activating group) is 1. The molecule has 0 bridgehead atoms. The third-order valence-electron chi connectivity index (χ3n) is 4.02. The Morgan fingerprint density at radius 1 is 1.08 bits per heavy atom. The van der Waals surface area contributed by atoms with Crippen molar-refractivity contribution >= 4 is 29.1 Å². The van der Waals surface area contributed by atoms with Crippen LogP contribution in [0.2, 0.25) is 0 Å². The highest BCUT2D eigenvalue weighted by Crippen LogP contribution is 2.13. The van der Waals surface area contributed by atoms with Crippen molar-refractivity contribution in [1.29, 1.82) is 0 Å². The second-order valence-corrected chi connectivity index (χ2v) is 6.10. The molecule has 0 atom stereocenters. The van der Waals surface area contributed by atoms with Crippen molar-refractivity contribution in [2.45, 2.75) is 13.8 Å². The van der Waals surface area contributed by atoms with Gasteiger partial charge in [0.25, 0.3) is 0 Å². The van der Waals surface area contributed by atoms with E-state index in [0.717, 1.165) is 13.1 Å². The van der Waals surface area contributed by atoms with Gasteiger partial charge in [-0.05, 0) is 31.2 Å². The predicted octanol–water partition coefficient (Wildman–Crippen LogP) is 0.764. The van der Waals surface area contributed by atoms with E-state index < -0.39 is 0 Å². The summed E-state index contributed by atoms with van der Waals surface area (Å²) in [5, 5.41) is 5.43. The largest absolute Gasteiger partial charge is 0.379 e. The Kier molecular flexibility index (Phi) is 7.55. The van der Waals surface area contributed by atoms with Crippen molar-refractivity contribution < 1.29 is 19.1 Å². The van der Waals surface area contributed by atoms with E-state index >= 15 is 0 Å². The first-order chi connectivity index (χ1) is 12.5. The van der Waals surface area contributed by atoms with Gasteiger partial charge in [0.05, 0.1) is 26.3 Å². The zero-order valence-electron chi connectivity index (χ0n) is 15.3. The summed E-state index contributed by atoms with van der Waals surface area (Å²) >= 11 is 0. The number of carbonyl (C=O) groups excluding carboxylic acids is 3. The monoisotopic (exact) mass is 362 g/mol. The van der Waals surface area contributed by atoms with Gasteiger partial charge in [0.1, 0.15) is 0 Å². The van der Waals surface area contributed by atoms with E-state index in [4.69, 9.17) is 4.74 Å². The molecule has 1 aromatic rings. The number of nitrogens with zero attached hydrogens (tertiary/aromatic N) is 2. The molecular weight excluding hydrogens is 336 g/mol. The molecule has 1 fully saturated rings. The average Bonchev–Trinajstić information content (AvgIpc) is 2.61. The summed E-state index contributed by atoms with van der Waals surface area (Å²) in [6.07, 6.45) is 0. The fourth-order valence-electron chi connectivity index (χ4n) is 2.64. The van der Waals surface area contributed by atoms with Gasteiger partial charge in [0.15, 0.2) is 0 Å².